The van der Waals surface area contributed by atoms with E-state index in [9.17, 15) is 18.3 Å². The molecule has 0 radical (unpaired) electrons. The van der Waals surface area contributed by atoms with Gasteiger partial charge in [-0.05, 0) is 25.2 Å². The lowest BCUT2D eigenvalue weighted by atomic mass is 9.79. The minimum absolute atomic E-state index is 0.0403. The monoisotopic (exact) mass is 335 g/mol. The molecule has 2 rings (SSSR count). The van der Waals surface area contributed by atoms with Gasteiger partial charge in [0.1, 0.15) is 0 Å². The Kier molecular flexibility index (Phi) is 5.59. The van der Waals surface area contributed by atoms with Crippen molar-refractivity contribution in [3.63, 3.8) is 0 Å². The van der Waals surface area contributed by atoms with Crippen molar-refractivity contribution in [3.8, 4) is 0 Å². The van der Waals surface area contributed by atoms with Crippen LogP contribution in [0.15, 0.2) is 0 Å². The number of carbonyl (C=O) groups excluding carboxylic acids is 1. The zero-order chi connectivity index (χ0) is 15.5. The van der Waals surface area contributed by atoms with Gasteiger partial charge < -0.3 is 10.4 Å². The zero-order valence-electron chi connectivity index (χ0n) is 12.5. The summed E-state index contributed by atoms with van der Waals surface area (Å²) < 4.78 is 22.7. The molecule has 5 nitrogen and oxygen atoms in total. The number of aliphatic hydroxyl groups is 1. The van der Waals surface area contributed by atoms with Crippen molar-refractivity contribution in [2.45, 2.75) is 49.9 Å². The first-order valence-corrected chi connectivity index (χ1v) is 10.5. The molecule has 1 saturated heterocycles. The van der Waals surface area contributed by atoms with E-state index < -0.39 is 15.4 Å². The number of carbonyl (C=O) groups is 1. The lowest BCUT2D eigenvalue weighted by Gasteiger charge is -2.35. The average Bonchev–Trinajstić information content (AvgIpc) is 2.73. The highest BCUT2D eigenvalue weighted by Gasteiger charge is 2.33. The molecule has 1 aliphatic heterocycles. The molecule has 3 atom stereocenters. The Bertz CT molecular complexity index is 479. The Balaban J connectivity index is 1.68. The van der Waals surface area contributed by atoms with Crippen LogP contribution in [-0.4, -0.2) is 54.1 Å². The van der Waals surface area contributed by atoms with E-state index in [4.69, 9.17) is 0 Å². The third-order valence-electron chi connectivity index (χ3n) is 4.32. The first kappa shape index (κ1) is 17.1. The van der Waals surface area contributed by atoms with Crippen LogP contribution in [0.3, 0.4) is 0 Å². The van der Waals surface area contributed by atoms with E-state index in [-0.39, 0.29) is 28.4 Å². The van der Waals surface area contributed by atoms with Gasteiger partial charge in [0.2, 0.25) is 5.91 Å². The van der Waals surface area contributed by atoms with Crippen molar-refractivity contribution >= 4 is 27.5 Å². The molecule has 0 aromatic rings. The van der Waals surface area contributed by atoms with Crippen molar-refractivity contribution in [1.82, 2.24) is 5.32 Å². The first-order chi connectivity index (χ1) is 9.78. The molecule has 0 spiro atoms. The van der Waals surface area contributed by atoms with Crippen LogP contribution in [0.1, 0.15) is 39.0 Å². The van der Waals surface area contributed by atoms with E-state index in [1.807, 2.05) is 0 Å². The highest BCUT2D eigenvalue weighted by atomic mass is 32.2. The Morgan fingerprint density at radius 2 is 2.19 bits per heavy atom. The van der Waals surface area contributed by atoms with E-state index in [0.717, 1.165) is 25.7 Å². The van der Waals surface area contributed by atoms with Crippen LogP contribution >= 0.6 is 11.8 Å². The molecular weight excluding hydrogens is 310 g/mol. The number of nitrogens with one attached hydrogen (secondary N) is 1. The zero-order valence-corrected chi connectivity index (χ0v) is 14.1. The quantitative estimate of drug-likeness (QED) is 0.782. The summed E-state index contributed by atoms with van der Waals surface area (Å²) >= 11 is 1.41. The van der Waals surface area contributed by atoms with Crippen LogP contribution in [-0.2, 0) is 14.6 Å². The van der Waals surface area contributed by atoms with Crippen LogP contribution in [0.4, 0.5) is 0 Å². The summed E-state index contributed by atoms with van der Waals surface area (Å²) in [5, 5.41) is 13.3. The van der Waals surface area contributed by atoms with Gasteiger partial charge in [-0.2, -0.15) is 0 Å². The molecule has 1 aliphatic carbocycles. The van der Waals surface area contributed by atoms with Crippen molar-refractivity contribution in [2.75, 3.05) is 23.8 Å². The maximum absolute atomic E-state index is 11.8. The van der Waals surface area contributed by atoms with E-state index >= 15 is 0 Å². The van der Waals surface area contributed by atoms with Crippen molar-refractivity contribution in [3.05, 3.63) is 0 Å². The molecule has 1 saturated carbocycles. The lowest BCUT2D eigenvalue weighted by molar-refractivity contribution is -0.120. The standard InChI is InChI=1S/C14H25NO4S2/c1-11-3-2-5-14(17,7-11)10-15-13(16)8-20-12-4-6-21(18,19)9-12/h11-12,17H,2-10H2,1H3,(H,15,16). The molecule has 0 bridgehead atoms. The number of rotatable bonds is 5. The summed E-state index contributed by atoms with van der Waals surface area (Å²) in [5.74, 6) is 1.08. The van der Waals surface area contributed by atoms with Gasteiger partial charge in [-0.3, -0.25) is 4.79 Å². The second-order valence-corrected chi connectivity index (χ2v) is 10.1. The van der Waals surface area contributed by atoms with Gasteiger partial charge in [-0.1, -0.05) is 19.8 Å². The fourth-order valence-corrected chi connectivity index (χ4v) is 6.67. The van der Waals surface area contributed by atoms with Crippen LogP contribution in [0.25, 0.3) is 0 Å². The fraction of sp³-hybridized carbons (Fsp3) is 0.929. The summed E-state index contributed by atoms with van der Waals surface area (Å²) in [6, 6.07) is 0. The van der Waals surface area contributed by atoms with Gasteiger partial charge in [0.15, 0.2) is 9.84 Å². The van der Waals surface area contributed by atoms with Crippen LogP contribution in [0.2, 0.25) is 0 Å². The maximum atomic E-state index is 11.8. The van der Waals surface area contributed by atoms with Gasteiger partial charge in [0, 0.05) is 11.8 Å². The minimum Gasteiger partial charge on any atom is -0.388 e. The van der Waals surface area contributed by atoms with Gasteiger partial charge in [-0.25, -0.2) is 8.42 Å². The van der Waals surface area contributed by atoms with Gasteiger partial charge >= 0.3 is 0 Å². The number of amides is 1. The Morgan fingerprint density at radius 3 is 2.81 bits per heavy atom. The molecule has 0 aromatic carbocycles. The predicted octanol–water partition coefficient (Wildman–Crippen LogP) is 0.964. The summed E-state index contributed by atoms with van der Waals surface area (Å²) in [7, 11) is -2.88. The maximum Gasteiger partial charge on any atom is 0.230 e. The van der Waals surface area contributed by atoms with Crippen LogP contribution < -0.4 is 5.32 Å². The predicted molar refractivity (Wildman–Crippen MR) is 85.1 cm³/mol. The topological polar surface area (TPSA) is 83.5 Å². The normalized spacial score (nSPS) is 35.5. The molecule has 1 heterocycles. The third-order valence-corrected chi connectivity index (χ3v) is 7.60. The van der Waals surface area contributed by atoms with Crippen LogP contribution in [0.5, 0.6) is 0 Å². The number of hydrogen-bond donors (Lipinski definition) is 2. The summed E-state index contributed by atoms with van der Waals surface area (Å²) in [6.45, 7) is 2.43. The largest absolute Gasteiger partial charge is 0.388 e. The second kappa shape index (κ2) is 6.87. The molecule has 1 amide bonds. The molecule has 2 fully saturated rings. The van der Waals surface area contributed by atoms with Crippen molar-refractivity contribution in [2.24, 2.45) is 5.92 Å². The van der Waals surface area contributed by atoms with Crippen molar-refractivity contribution in [1.29, 1.82) is 0 Å². The molecule has 7 heteroatoms. The average molecular weight is 335 g/mol. The Labute approximate surface area is 131 Å². The Hall–Kier alpha value is -0.270. The summed E-state index contributed by atoms with van der Waals surface area (Å²) in [6.07, 6.45) is 4.26. The van der Waals surface area contributed by atoms with Gasteiger partial charge in [0.05, 0.1) is 22.9 Å². The molecule has 122 valence electrons. The molecule has 21 heavy (non-hydrogen) atoms. The van der Waals surface area contributed by atoms with E-state index in [0.29, 0.717) is 18.9 Å². The minimum atomic E-state index is -2.88. The highest BCUT2D eigenvalue weighted by molar-refractivity contribution is 8.02. The summed E-state index contributed by atoms with van der Waals surface area (Å²) in [4.78, 5) is 11.8. The molecule has 3 unspecified atom stereocenters. The summed E-state index contributed by atoms with van der Waals surface area (Å²) in [5.41, 5.74) is -0.769. The number of thioether (sulfide) groups is 1. The number of sulfone groups is 1. The molecule has 2 N–H and O–H groups in total. The number of hydrogen-bond acceptors (Lipinski definition) is 5. The van der Waals surface area contributed by atoms with Gasteiger partial charge in [0.25, 0.3) is 0 Å². The second-order valence-electron chi connectivity index (χ2n) is 6.54. The van der Waals surface area contributed by atoms with Gasteiger partial charge in [-0.15, -0.1) is 11.8 Å². The first-order valence-electron chi connectivity index (χ1n) is 7.59. The van der Waals surface area contributed by atoms with E-state index in [1.165, 1.54) is 11.8 Å². The third kappa shape index (κ3) is 5.45. The van der Waals surface area contributed by atoms with Crippen molar-refractivity contribution < 1.29 is 18.3 Å². The van der Waals surface area contributed by atoms with Crippen LogP contribution in [0, 0.1) is 5.92 Å². The lowest BCUT2D eigenvalue weighted by Crippen LogP contribution is -2.46. The molecule has 0 aromatic heterocycles. The Morgan fingerprint density at radius 1 is 1.43 bits per heavy atom. The van der Waals surface area contributed by atoms with E-state index in [2.05, 4.69) is 12.2 Å². The molecular formula is C14H25NO4S2. The smallest absolute Gasteiger partial charge is 0.230 e. The van der Waals surface area contributed by atoms with E-state index in [1.54, 1.807) is 0 Å². The molecule has 2 aliphatic rings. The SMILES string of the molecule is CC1CCCC(O)(CNC(=O)CSC2CCS(=O)(=O)C2)C1. The fourth-order valence-electron chi connectivity index (χ4n) is 3.19. The highest BCUT2D eigenvalue weighted by Crippen LogP contribution is 2.31.